The first kappa shape index (κ1) is 25.4. The number of aryl methyl sites for hydroxylation is 1. The molecule has 4 rings (SSSR count). The van der Waals surface area contributed by atoms with Gasteiger partial charge < -0.3 is 0 Å². The Hall–Kier alpha value is -2.25. The van der Waals surface area contributed by atoms with Gasteiger partial charge in [0.05, 0.1) is 0 Å². The van der Waals surface area contributed by atoms with Crippen LogP contribution in [-0.2, 0) is 16.2 Å². The van der Waals surface area contributed by atoms with E-state index in [1.165, 1.54) is 48.7 Å². The molecule has 0 bridgehead atoms. The van der Waals surface area contributed by atoms with E-state index in [9.17, 15) is 0 Å². The number of fused-ring (bicyclic) bond motifs is 2. The Morgan fingerprint density at radius 1 is 0.697 bits per heavy atom. The van der Waals surface area contributed by atoms with Crippen molar-refractivity contribution in [2.45, 2.75) is 88.3 Å². The van der Waals surface area contributed by atoms with Gasteiger partial charge in [-0.3, -0.25) is 0 Å². The molecular weight excluding hydrogens is 416 g/mol. The standard InChI is InChI=1S/C30H36S.C2H4/c1-19-15-21(28(2,3)4)17-24-26(19)31-27-23(20-13-11-10-12-14-20)16-22(29(5,6)7)18-25(27)30(24,8)9;1-2/h10-18H,1-9H3;1-2H2. The van der Waals surface area contributed by atoms with E-state index in [4.69, 9.17) is 0 Å². The third kappa shape index (κ3) is 4.71. The largest absolute Gasteiger partial charge is 0.106 e. The zero-order chi connectivity index (χ0) is 24.8. The SMILES string of the molecule is C=C.Cc1cc(C(C)(C)C)cc2c1Sc1c(-c3ccccc3)cc(C(C)(C)C)cc1C2(C)C. The molecule has 0 saturated heterocycles. The first-order chi connectivity index (χ1) is 15.3. The van der Waals surface area contributed by atoms with E-state index in [1.807, 2.05) is 11.8 Å². The van der Waals surface area contributed by atoms with Crippen LogP contribution in [0.3, 0.4) is 0 Å². The smallest absolute Gasteiger partial charge is 0.0242 e. The average Bonchev–Trinajstić information content (AvgIpc) is 2.74. The van der Waals surface area contributed by atoms with Gasteiger partial charge in [0.15, 0.2) is 0 Å². The predicted molar refractivity (Wildman–Crippen MR) is 148 cm³/mol. The minimum absolute atomic E-state index is 0.0489. The molecule has 0 saturated carbocycles. The molecular formula is C32H40S. The minimum atomic E-state index is -0.0489. The van der Waals surface area contributed by atoms with Crippen LogP contribution < -0.4 is 0 Å². The van der Waals surface area contributed by atoms with E-state index in [0.29, 0.717) is 0 Å². The lowest BCUT2D eigenvalue weighted by Crippen LogP contribution is -2.27. The van der Waals surface area contributed by atoms with Crippen molar-refractivity contribution in [3.05, 3.63) is 95.6 Å². The van der Waals surface area contributed by atoms with Crippen molar-refractivity contribution in [1.82, 2.24) is 0 Å². The fourth-order valence-electron chi connectivity index (χ4n) is 4.52. The number of benzene rings is 3. The van der Waals surface area contributed by atoms with Gasteiger partial charge in [0.1, 0.15) is 0 Å². The Kier molecular flexibility index (Phi) is 6.80. The van der Waals surface area contributed by atoms with Crippen molar-refractivity contribution in [2.24, 2.45) is 0 Å². The maximum absolute atomic E-state index is 3.00. The van der Waals surface area contributed by atoms with Crippen molar-refractivity contribution in [3.63, 3.8) is 0 Å². The summed E-state index contributed by atoms with van der Waals surface area (Å²) >= 11 is 1.97. The molecule has 0 aliphatic carbocycles. The molecule has 0 aromatic heterocycles. The van der Waals surface area contributed by atoms with Crippen molar-refractivity contribution < 1.29 is 0 Å². The number of hydrogen-bond donors (Lipinski definition) is 0. The van der Waals surface area contributed by atoms with E-state index in [0.717, 1.165) is 0 Å². The molecule has 0 fully saturated rings. The summed E-state index contributed by atoms with van der Waals surface area (Å²) in [6.45, 7) is 27.0. The van der Waals surface area contributed by atoms with E-state index in [1.54, 1.807) is 0 Å². The molecule has 0 atom stereocenters. The predicted octanol–water partition coefficient (Wildman–Crippen LogP) is 9.85. The highest BCUT2D eigenvalue weighted by Gasteiger charge is 2.37. The maximum Gasteiger partial charge on any atom is 0.0242 e. The third-order valence-electron chi connectivity index (χ3n) is 6.73. The lowest BCUT2D eigenvalue weighted by molar-refractivity contribution is 0.563. The fourth-order valence-corrected chi connectivity index (χ4v) is 6.08. The zero-order valence-electron chi connectivity index (χ0n) is 22.0. The minimum Gasteiger partial charge on any atom is -0.106 e. The Bertz CT molecular complexity index is 1150. The molecule has 0 radical (unpaired) electrons. The number of rotatable bonds is 1. The summed E-state index contributed by atoms with van der Waals surface area (Å²) in [5, 5.41) is 0. The Morgan fingerprint density at radius 2 is 1.18 bits per heavy atom. The summed E-state index contributed by atoms with van der Waals surface area (Å²) in [6.07, 6.45) is 0. The van der Waals surface area contributed by atoms with E-state index in [-0.39, 0.29) is 16.2 Å². The molecule has 3 aromatic carbocycles. The van der Waals surface area contributed by atoms with Crippen LogP contribution in [0, 0.1) is 6.92 Å². The van der Waals surface area contributed by atoms with Crippen LogP contribution in [0.5, 0.6) is 0 Å². The summed E-state index contributed by atoms with van der Waals surface area (Å²) in [5.74, 6) is 0. The van der Waals surface area contributed by atoms with E-state index in [2.05, 4.69) is 130 Å². The highest BCUT2D eigenvalue weighted by molar-refractivity contribution is 7.99. The first-order valence-electron chi connectivity index (χ1n) is 11.9. The monoisotopic (exact) mass is 456 g/mol. The fraction of sp³-hybridized carbons (Fsp3) is 0.375. The van der Waals surface area contributed by atoms with Crippen molar-refractivity contribution in [1.29, 1.82) is 0 Å². The molecule has 1 aliphatic rings. The molecule has 0 nitrogen and oxygen atoms in total. The van der Waals surface area contributed by atoms with Gasteiger partial charge in [0.25, 0.3) is 0 Å². The Labute approximate surface area is 206 Å². The highest BCUT2D eigenvalue weighted by atomic mass is 32.2. The van der Waals surface area contributed by atoms with Crippen LogP contribution in [0.25, 0.3) is 11.1 Å². The lowest BCUT2D eigenvalue weighted by Gasteiger charge is -2.39. The molecule has 3 aromatic rings. The summed E-state index contributed by atoms with van der Waals surface area (Å²) in [4.78, 5) is 2.86. The Morgan fingerprint density at radius 3 is 1.70 bits per heavy atom. The van der Waals surface area contributed by atoms with Crippen molar-refractivity contribution >= 4 is 11.8 Å². The van der Waals surface area contributed by atoms with Crippen LogP contribution in [0.1, 0.15) is 83.2 Å². The van der Waals surface area contributed by atoms with Crippen molar-refractivity contribution in [2.75, 3.05) is 0 Å². The van der Waals surface area contributed by atoms with Gasteiger partial charge in [0.2, 0.25) is 0 Å². The van der Waals surface area contributed by atoms with Crippen LogP contribution in [0.4, 0.5) is 0 Å². The van der Waals surface area contributed by atoms with Gasteiger partial charge in [-0.1, -0.05) is 116 Å². The van der Waals surface area contributed by atoms with Crippen LogP contribution >= 0.6 is 11.8 Å². The molecule has 33 heavy (non-hydrogen) atoms. The number of hydrogen-bond acceptors (Lipinski definition) is 1. The maximum atomic E-state index is 3.00. The molecule has 174 valence electrons. The molecule has 0 spiro atoms. The van der Waals surface area contributed by atoms with Crippen LogP contribution in [0.15, 0.2) is 77.5 Å². The van der Waals surface area contributed by atoms with E-state index >= 15 is 0 Å². The summed E-state index contributed by atoms with van der Waals surface area (Å²) in [7, 11) is 0. The normalized spacial score (nSPS) is 14.6. The molecule has 0 unspecified atom stereocenters. The average molecular weight is 457 g/mol. The molecule has 0 amide bonds. The van der Waals surface area contributed by atoms with Gasteiger partial charge in [-0.05, 0) is 62.8 Å². The molecule has 0 N–H and O–H groups in total. The third-order valence-corrected chi connectivity index (χ3v) is 8.12. The molecule has 1 heterocycles. The Balaban J connectivity index is 0.00000149. The second-order valence-corrected chi connectivity index (χ2v) is 12.7. The van der Waals surface area contributed by atoms with Crippen LogP contribution in [0.2, 0.25) is 0 Å². The molecule has 1 aliphatic heterocycles. The lowest BCUT2D eigenvalue weighted by atomic mass is 9.72. The summed E-state index contributed by atoms with van der Waals surface area (Å²) in [6, 6.07) is 20.7. The summed E-state index contributed by atoms with van der Waals surface area (Å²) in [5.41, 5.74) is 10.0. The quantitative estimate of drug-likeness (QED) is 0.328. The van der Waals surface area contributed by atoms with Gasteiger partial charge in [0, 0.05) is 15.2 Å². The van der Waals surface area contributed by atoms with Crippen LogP contribution in [-0.4, -0.2) is 0 Å². The topological polar surface area (TPSA) is 0 Å². The summed E-state index contributed by atoms with van der Waals surface area (Å²) < 4.78 is 0. The van der Waals surface area contributed by atoms with Gasteiger partial charge in [-0.15, -0.1) is 13.2 Å². The second-order valence-electron chi connectivity index (χ2n) is 11.7. The van der Waals surface area contributed by atoms with Crippen molar-refractivity contribution in [3.8, 4) is 11.1 Å². The second kappa shape index (κ2) is 8.84. The molecule has 1 heteroatoms. The first-order valence-corrected chi connectivity index (χ1v) is 12.7. The van der Waals surface area contributed by atoms with Gasteiger partial charge in [-0.2, -0.15) is 0 Å². The van der Waals surface area contributed by atoms with Gasteiger partial charge in [-0.25, -0.2) is 0 Å². The van der Waals surface area contributed by atoms with E-state index < -0.39 is 0 Å². The highest BCUT2D eigenvalue weighted by Crippen LogP contribution is 2.54. The zero-order valence-corrected chi connectivity index (χ0v) is 22.8. The van der Waals surface area contributed by atoms with Gasteiger partial charge >= 0.3 is 0 Å².